The van der Waals surface area contributed by atoms with Gasteiger partial charge < -0.3 is 4.85 Å². The molecule has 0 spiro atoms. The summed E-state index contributed by atoms with van der Waals surface area (Å²) in [5, 5.41) is 0. The maximum atomic E-state index is 6.72. The van der Waals surface area contributed by atoms with Crippen molar-refractivity contribution in [2.45, 2.75) is 19.9 Å². The van der Waals surface area contributed by atoms with Crippen LogP contribution in [0.15, 0.2) is 0 Å². The lowest BCUT2D eigenvalue weighted by molar-refractivity contribution is 0.112. The normalized spacial score (nSPS) is 20.5. The van der Waals surface area contributed by atoms with Gasteiger partial charge in [-0.2, -0.15) is 0 Å². The molecule has 13 heavy (non-hydrogen) atoms. The lowest BCUT2D eigenvalue weighted by atomic mass is 10.2. The molecule has 0 atom stereocenters. The molecule has 0 aromatic heterocycles. The Bertz CT molecular complexity index is 175. The highest BCUT2D eigenvalue weighted by molar-refractivity contribution is 4.75. The highest BCUT2D eigenvalue weighted by Crippen LogP contribution is 2.04. The first-order chi connectivity index (χ1) is 6.24. The molecule has 1 heterocycles. The van der Waals surface area contributed by atoms with Crippen LogP contribution in [0.25, 0.3) is 4.85 Å². The Morgan fingerprint density at radius 2 is 1.85 bits per heavy atom. The molecule has 1 saturated heterocycles. The second-order valence-corrected chi connectivity index (χ2v) is 3.85. The van der Waals surface area contributed by atoms with Crippen LogP contribution < -0.4 is 0 Å². The first-order valence-electron chi connectivity index (χ1n) is 5.03. The first-order valence-corrected chi connectivity index (χ1v) is 5.03. The van der Waals surface area contributed by atoms with E-state index in [-0.39, 0.29) is 0 Å². The van der Waals surface area contributed by atoms with Gasteiger partial charge in [-0.05, 0) is 13.8 Å². The molecule has 0 aromatic carbocycles. The van der Waals surface area contributed by atoms with Gasteiger partial charge in [-0.25, -0.2) is 6.57 Å². The minimum absolute atomic E-state index is 0.654. The average molecular weight is 181 g/mol. The summed E-state index contributed by atoms with van der Waals surface area (Å²) in [7, 11) is 0. The first kappa shape index (κ1) is 10.5. The van der Waals surface area contributed by atoms with Crippen LogP contribution in [-0.4, -0.2) is 55.1 Å². The van der Waals surface area contributed by atoms with E-state index >= 15 is 0 Å². The number of piperazine rings is 1. The zero-order valence-electron chi connectivity index (χ0n) is 8.66. The van der Waals surface area contributed by atoms with Gasteiger partial charge in [0.25, 0.3) is 0 Å². The van der Waals surface area contributed by atoms with E-state index in [2.05, 4.69) is 28.5 Å². The fourth-order valence-corrected chi connectivity index (χ4v) is 1.69. The molecule has 3 heteroatoms. The van der Waals surface area contributed by atoms with E-state index in [1.165, 1.54) is 0 Å². The smallest absolute Gasteiger partial charge is 0.227 e. The third kappa shape index (κ3) is 3.33. The van der Waals surface area contributed by atoms with Gasteiger partial charge in [-0.3, -0.25) is 9.80 Å². The van der Waals surface area contributed by atoms with Crippen LogP contribution >= 0.6 is 0 Å². The molecule has 0 unspecified atom stereocenters. The summed E-state index contributed by atoms with van der Waals surface area (Å²) in [6.45, 7) is 17.4. The molecule has 1 aliphatic rings. The lowest BCUT2D eigenvalue weighted by Crippen LogP contribution is -2.49. The van der Waals surface area contributed by atoms with E-state index in [9.17, 15) is 0 Å². The van der Waals surface area contributed by atoms with E-state index in [0.29, 0.717) is 12.6 Å². The van der Waals surface area contributed by atoms with Gasteiger partial charge in [0.05, 0.1) is 6.54 Å². The molecule has 3 nitrogen and oxygen atoms in total. The van der Waals surface area contributed by atoms with Crippen LogP contribution in [0.3, 0.4) is 0 Å². The molecular formula is C10H19N3. The van der Waals surface area contributed by atoms with E-state index in [1.807, 2.05) is 0 Å². The summed E-state index contributed by atoms with van der Waals surface area (Å²) in [4.78, 5) is 8.26. The summed E-state index contributed by atoms with van der Waals surface area (Å²) in [6, 6.07) is 0.669. The molecule has 1 aliphatic heterocycles. The van der Waals surface area contributed by atoms with Crippen molar-refractivity contribution in [3.05, 3.63) is 11.4 Å². The molecule has 0 saturated carbocycles. The highest BCUT2D eigenvalue weighted by Gasteiger charge is 2.18. The van der Waals surface area contributed by atoms with Crippen molar-refractivity contribution in [2.75, 3.05) is 39.3 Å². The Balaban J connectivity index is 2.19. The lowest BCUT2D eigenvalue weighted by Gasteiger charge is -2.36. The van der Waals surface area contributed by atoms with Crippen molar-refractivity contribution < 1.29 is 0 Å². The molecule has 1 rings (SSSR count). The fraction of sp³-hybridized carbons (Fsp3) is 0.900. The second kappa shape index (κ2) is 5.21. The quantitative estimate of drug-likeness (QED) is 0.600. The van der Waals surface area contributed by atoms with Crippen molar-refractivity contribution in [3.8, 4) is 0 Å². The van der Waals surface area contributed by atoms with Crippen molar-refractivity contribution in [2.24, 2.45) is 0 Å². The Kier molecular flexibility index (Phi) is 4.20. The van der Waals surface area contributed by atoms with Gasteiger partial charge in [-0.1, -0.05) is 0 Å². The monoisotopic (exact) mass is 181 g/mol. The Morgan fingerprint density at radius 1 is 1.23 bits per heavy atom. The van der Waals surface area contributed by atoms with Crippen molar-refractivity contribution in [3.63, 3.8) is 0 Å². The van der Waals surface area contributed by atoms with Gasteiger partial charge in [0.2, 0.25) is 6.54 Å². The predicted octanol–water partition coefficient (Wildman–Crippen LogP) is 0.932. The maximum Gasteiger partial charge on any atom is 0.227 e. The molecule has 0 amide bonds. The number of hydrogen-bond donors (Lipinski definition) is 0. The van der Waals surface area contributed by atoms with Gasteiger partial charge in [-0.15, -0.1) is 0 Å². The van der Waals surface area contributed by atoms with Gasteiger partial charge in [0.15, 0.2) is 0 Å². The Hall–Kier alpha value is -0.590. The molecule has 0 radical (unpaired) electrons. The Morgan fingerprint density at radius 3 is 2.31 bits per heavy atom. The minimum Gasteiger partial charge on any atom is -0.316 e. The fourth-order valence-electron chi connectivity index (χ4n) is 1.69. The van der Waals surface area contributed by atoms with E-state index in [4.69, 9.17) is 6.57 Å². The van der Waals surface area contributed by atoms with Gasteiger partial charge in [0.1, 0.15) is 0 Å². The molecule has 1 fully saturated rings. The summed E-state index contributed by atoms with van der Waals surface area (Å²) in [5.41, 5.74) is 0. The molecule has 0 bridgehead atoms. The third-order valence-corrected chi connectivity index (χ3v) is 2.67. The van der Waals surface area contributed by atoms with Crippen LogP contribution in [0, 0.1) is 6.57 Å². The van der Waals surface area contributed by atoms with Gasteiger partial charge >= 0.3 is 0 Å². The standard InChI is InChI=1S/C10H19N3/c1-10(2)13-8-6-12(7-9-13)5-4-11-3/h10H,4-9H2,1-2H3. The highest BCUT2D eigenvalue weighted by atomic mass is 15.3. The minimum atomic E-state index is 0.654. The molecular weight excluding hydrogens is 162 g/mol. The third-order valence-electron chi connectivity index (χ3n) is 2.67. The largest absolute Gasteiger partial charge is 0.316 e. The molecule has 0 aromatic rings. The predicted molar refractivity (Wildman–Crippen MR) is 54.6 cm³/mol. The van der Waals surface area contributed by atoms with Crippen LogP contribution in [0.4, 0.5) is 0 Å². The zero-order chi connectivity index (χ0) is 9.68. The van der Waals surface area contributed by atoms with Crippen molar-refractivity contribution in [1.29, 1.82) is 0 Å². The molecule has 74 valence electrons. The summed E-state index contributed by atoms with van der Waals surface area (Å²) in [5.74, 6) is 0. The average Bonchev–Trinajstić information content (AvgIpc) is 2.15. The van der Waals surface area contributed by atoms with Crippen LogP contribution in [-0.2, 0) is 0 Å². The topological polar surface area (TPSA) is 10.8 Å². The van der Waals surface area contributed by atoms with E-state index < -0.39 is 0 Å². The number of nitrogens with zero attached hydrogens (tertiary/aromatic N) is 3. The zero-order valence-corrected chi connectivity index (χ0v) is 8.66. The molecule has 0 N–H and O–H groups in total. The summed E-state index contributed by atoms with van der Waals surface area (Å²) >= 11 is 0. The van der Waals surface area contributed by atoms with Crippen LogP contribution in [0.2, 0.25) is 0 Å². The van der Waals surface area contributed by atoms with E-state index in [0.717, 1.165) is 32.7 Å². The molecule has 0 aliphatic carbocycles. The summed E-state index contributed by atoms with van der Waals surface area (Å²) in [6.07, 6.45) is 0. The van der Waals surface area contributed by atoms with E-state index in [1.54, 1.807) is 0 Å². The Labute approximate surface area is 81.1 Å². The van der Waals surface area contributed by atoms with Crippen molar-refractivity contribution >= 4 is 0 Å². The second-order valence-electron chi connectivity index (χ2n) is 3.85. The van der Waals surface area contributed by atoms with Crippen LogP contribution in [0.1, 0.15) is 13.8 Å². The van der Waals surface area contributed by atoms with Gasteiger partial charge in [0, 0.05) is 32.2 Å². The number of hydrogen-bond acceptors (Lipinski definition) is 2. The maximum absolute atomic E-state index is 6.72. The van der Waals surface area contributed by atoms with Crippen molar-refractivity contribution in [1.82, 2.24) is 9.80 Å². The van der Waals surface area contributed by atoms with Crippen LogP contribution in [0.5, 0.6) is 0 Å². The number of rotatable bonds is 3. The summed E-state index contributed by atoms with van der Waals surface area (Å²) < 4.78 is 0. The SMILES string of the molecule is [C-]#[N+]CCN1CCN(C(C)C)CC1.